The minimum atomic E-state index is -1.19. The number of rotatable bonds is 5. The van der Waals surface area contributed by atoms with Gasteiger partial charge in [0.05, 0.1) is 6.04 Å². The molecule has 2 rings (SSSR count). The van der Waals surface area contributed by atoms with Crippen molar-refractivity contribution in [2.45, 2.75) is 25.5 Å². The lowest BCUT2D eigenvalue weighted by molar-refractivity contribution is -0.130. The van der Waals surface area contributed by atoms with E-state index in [1.165, 1.54) is 6.20 Å². The van der Waals surface area contributed by atoms with E-state index in [2.05, 4.69) is 10.3 Å². The highest BCUT2D eigenvalue weighted by atomic mass is 16.3. The topological polar surface area (TPSA) is 62.2 Å². The summed E-state index contributed by atoms with van der Waals surface area (Å²) in [5, 5.41) is 12.9. The molecule has 0 aliphatic heterocycles. The van der Waals surface area contributed by atoms with Crippen LogP contribution in [0.4, 0.5) is 0 Å². The Hall–Kier alpha value is -2.20. The second-order valence-corrected chi connectivity index (χ2v) is 4.57. The van der Waals surface area contributed by atoms with Gasteiger partial charge in [0, 0.05) is 18.0 Å². The number of benzene rings is 1. The minimum absolute atomic E-state index is 0.102. The van der Waals surface area contributed by atoms with Crippen LogP contribution in [0.25, 0.3) is 0 Å². The van der Waals surface area contributed by atoms with Gasteiger partial charge in [-0.3, -0.25) is 9.78 Å². The summed E-state index contributed by atoms with van der Waals surface area (Å²) < 4.78 is 0. The summed E-state index contributed by atoms with van der Waals surface area (Å²) in [6, 6.07) is 13.0. The van der Waals surface area contributed by atoms with Crippen LogP contribution in [-0.4, -0.2) is 16.0 Å². The Morgan fingerprint density at radius 3 is 2.50 bits per heavy atom. The number of aromatic nitrogens is 1. The van der Waals surface area contributed by atoms with Crippen LogP contribution in [0.1, 0.15) is 36.6 Å². The fourth-order valence-electron chi connectivity index (χ4n) is 2.05. The van der Waals surface area contributed by atoms with Gasteiger partial charge in [0.2, 0.25) is 0 Å². The normalized spacial score (nSPS) is 13.5. The highest BCUT2D eigenvalue weighted by molar-refractivity contribution is 5.82. The lowest BCUT2D eigenvalue weighted by atomic mass is 10.0. The number of nitrogens with zero attached hydrogens (tertiary/aromatic N) is 1. The fraction of sp³-hybridized carbons (Fsp3) is 0.250. The molecule has 2 N–H and O–H groups in total. The Morgan fingerprint density at radius 2 is 1.90 bits per heavy atom. The van der Waals surface area contributed by atoms with Gasteiger partial charge in [-0.1, -0.05) is 43.3 Å². The second kappa shape index (κ2) is 6.82. The number of amides is 1. The van der Waals surface area contributed by atoms with E-state index in [4.69, 9.17) is 0 Å². The van der Waals surface area contributed by atoms with Gasteiger partial charge in [-0.15, -0.1) is 0 Å². The third-order valence-electron chi connectivity index (χ3n) is 3.18. The maximum Gasteiger partial charge on any atom is 0.254 e. The number of pyridine rings is 1. The molecule has 0 bridgehead atoms. The molecule has 0 saturated heterocycles. The van der Waals surface area contributed by atoms with E-state index in [-0.39, 0.29) is 6.04 Å². The first-order valence-corrected chi connectivity index (χ1v) is 6.65. The Morgan fingerprint density at radius 1 is 1.20 bits per heavy atom. The first-order chi connectivity index (χ1) is 9.72. The van der Waals surface area contributed by atoms with Crippen molar-refractivity contribution in [3.8, 4) is 0 Å². The van der Waals surface area contributed by atoms with Crippen molar-refractivity contribution >= 4 is 5.91 Å². The molecular formula is C16H18N2O2. The SMILES string of the molecule is CC[C@H](NC(=O)C(O)c1cccnc1)c1ccccc1. The molecule has 2 aromatic rings. The van der Waals surface area contributed by atoms with E-state index in [9.17, 15) is 9.90 Å². The molecule has 4 nitrogen and oxygen atoms in total. The third kappa shape index (κ3) is 3.42. The van der Waals surface area contributed by atoms with E-state index in [1.54, 1.807) is 18.3 Å². The first kappa shape index (κ1) is 14.2. The van der Waals surface area contributed by atoms with Crippen LogP contribution in [0.3, 0.4) is 0 Å². The quantitative estimate of drug-likeness (QED) is 0.877. The van der Waals surface area contributed by atoms with Gasteiger partial charge in [0.15, 0.2) is 6.10 Å². The largest absolute Gasteiger partial charge is 0.378 e. The molecule has 0 saturated carbocycles. The number of carbonyl (C=O) groups excluding carboxylic acids is 1. The van der Waals surface area contributed by atoms with Crippen molar-refractivity contribution in [2.75, 3.05) is 0 Å². The predicted octanol–water partition coefficient (Wildman–Crippen LogP) is 2.38. The monoisotopic (exact) mass is 270 g/mol. The van der Waals surface area contributed by atoms with Gasteiger partial charge >= 0.3 is 0 Å². The average Bonchev–Trinajstić information content (AvgIpc) is 2.53. The Kier molecular flexibility index (Phi) is 4.85. The zero-order valence-electron chi connectivity index (χ0n) is 11.4. The Bertz CT molecular complexity index is 543. The molecule has 1 aromatic carbocycles. The summed E-state index contributed by atoms with van der Waals surface area (Å²) in [5.41, 5.74) is 1.52. The van der Waals surface area contributed by atoms with Gasteiger partial charge in [-0.25, -0.2) is 0 Å². The smallest absolute Gasteiger partial charge is 0.254 e. The molecular weight excluding hydrogens is 252 g/mol. The van der Waals surface area contributed by atoms with E-state index in [0.717, 1.165) is 12.0 Å². The summed E-state index contributed by atoms with van der Waals surface area (Å²) in [7, 11) is 0. The molecule has 20 heavy (non-hydrogen) atoms. The van der Waals surface area contributed by atoms with E-state index < -0.39 is 12.0 Å². The number of hydrogen-bond acceptors (Lipinski definition) is 3. The first-order valence-electron chi connectivity index (χ1n) is 6.65. The van der Waals surface area contributed by atoms with Crippen molar-refractivity contribution < 1.29 is 9.90 Å². The number of hydrogen-bond donors (Lipinski definition) is 2. The molecule has 0 fully saturated rings. The zero-order chi connectivity index (χ0) is 14.4. The lowest BCUT2D eigenvalue weighted by Gasteiger charge is -2.19. The number of nitrogens with one attached hydrogen (secondary N) is 1. The van der Waals surface area contributed by atoms with Crippen molar-refractivity contribution in [3.05, 3.63) is 66.0 Å². The molecule has 0 spiro atoms. The number of carbonyl (C=O) groups is 1. The van der Waals surface area contributed by atoms with Gasteiger partial charge in [0.1, 0.15) is 0 Å². The highest BCUT2D eigenvalue weighted by Gasteiger charge is 2.20. The molecule has 0 radical (unpaired) electrons. The summed E-state index contributed by atoms with van der Waals surface area (Å²) in [4.78, 5) is 16.0. The van der Waals surface area contributed by atoms with E-state index >= 15 is 0 Å². The summed E-state index contributed by atoms with van der Waals surface area (Å²) >= 11 is 0. The zero-order valence-corrected chi connectivity index (χ0v) is 11.4. The standard InChI is InChI=1S/C16H18N2O2/c1-2-14(12-7-4-3-5-8-12)18-16(20)15(19)13-9-6-10-17-11-13/h3-11,14-15,19H,2H2,1H3,(H,18,20)/t14-,15?/m0/s1. The Balaban J connectivity index is 2.06. The average molecular weight is 270 g/mol. The van der Waals surface area contributed by atoms with Crippen molar-refractivity contribution in [1.82, 2.24) is 10.3 Å². The molecule has 2 atom stereocenters. The molecule has 1 unspecified atom stereocenters. The van der Waals surface area contributed by atoms with Crippen molar-refractivity contribution in [1.29, 1.82) is 0 Å². The van der Waals surface area contributed by atoms with Gasteiger partial charge in [0.25, 0.3) is 5.91 Å². The molecule has 1 amide bonds. The minimum Gasteiger partial charge on any atom is -0.378 e. The lowest BCUT2D eigenvalue weighted by Crippen LogP contribution is -2.32. The molecule has 4 heteroatoms. The predicted molar refractivity (Wildman–Crippen MR) is 76.8 cm³/mol. The highest BCUT2D eigenvalue weighted by Crippen LogP contribution is 2.18. The van der Waals surface area contributed by atoms with Gasteiger partial charge in [-0.05, 0) is 18.1 Å². The number of aliphatic hydroxyl groups is 1. The second-order valence-electron chi connectivity index (χ2n) is 4.57. The van der Waals surface area contributed by atoms with Crippen LogP contribution >= 0.6 is 0 Å². The van der Waals surface area contributed by atoms with Crippen molar-refractivity contribution in [3.63, 3.8) is 0 Å². The molecule has 1 heterocycles. The maximum atomic E-state index is 12.1. The van der Waals surface area contributed by atoms with Crippen LogP contribution in [0.15, 0.2) is 54.9 Å². The van der Waals surface area contributed by atoms with Crippen LogP contribution in [-0.2, 0) is 4.79 Å². The molecule has 104 valence electrons. The van der Waals surface area contributed by atoms with Crippen LogP contribution in [0.2, 0.25) is 0 Å². The maximum absolute atomic E-state index is 12.1. The fourth-order valence-corrected chi connectivity index (χ4v) is 2.05. The summed E-state index contributed by atoms with van der Waals surface area (Å²) in [6.45, 7) is 1.99. The molecule has 0 aliphatic rings. The van der Waals surface area contributed by atoms with Crippen LogP contribution < -0.4 is 5.32 Å². The van der Waals surface area contributed by atoms with Gasteiger partial charge in [-0.2, -0.15) is 0 Å². The van der Waals surface area contributed by atoms with Crippen LogP contribution in [0, 0.1) is 0 Å². The third-order valence-corrected chi connectivity index (χ3v) is 3.18. The van der Waals surface area contributed by atoms with Crippen molar-refractivity contribution in [2.24, 2.45) is 0 Å². The summed E-state index contributed by atoms with van der Waals surface area (Å²) in [5.74, 6) is -0.409. The Labute approximate surface area is 118 Å². The van der Waals surface area contributed by atoms with E-state index in [1.807, 2.05) is 37.3 Å². The van der Waals surface area contributed by atoms with Gasteiger partial charge < -0.3 is 10.4 Å². The molecule has 0 aliphatic carbocycles. The summed E-state index contributed by atoms with van der Waals surface area (Å²) in [6.07, 6.45) is 2.66. The number of aliphatic hydroxyl groups excluding tert-OH is 1. The molecule has 1 aromatic heterocycles. The van der Waals surface area contributed by atoms with E-state index in [0.29, 0.717) is 5.56 Å². The van der Waals surface area contributed by atoms with Crippen LogP contribution in [0.5, 0.6) is 0 Å².